The molecule has 0 aliphatic carbocycles. The normalized spacial score (nSPS) is 11.4. The van der Waals surface area contributed by atoms with Crippen molar-refractivity contribution in [3.8, 4) is 0 Å². The minimum atomic E-state index is 0.0578. The van der Waals surface area contributed by atoms with Crippen molar-refractivity contribution < 1.29 is 4.79 Å². The number of H-pyrrole nitrogens is 1. The molecular formula is C11H18N2O. The van der Waals surface area contributed by atoms with Crippen LogP contribution in [0.3, 0.4) is 0 Å². The van der Waals surface area contributed by atoms with Gasteiger partial charge in [-0.05, 0) is 17.0 Å². The molecule has 3 heteroatoms. The summed E-state index contributed by atoms with van der Waals surface area (Å²) < 4.78 is 0. The maximum Gasteiger partial charge on any atom is 0.220 e. The lowest BCUT2D eigenvalue weighted by Crippen LogP contribution is -2.26. The van der Waals surface area contributed by atoms with Gasteiger partial charge in [-0.3, -0.25) is 4.79 Å². The molecule has 0 saturated carbocycles. The summed E-state index contributed by atoms with van der Waals surface area (Å²) in [6.07, 6.45) is 4.31. The van der Waals surface area contributed by atoms with Crippen LogP contribution in [0.1, 0.15) is 32.8 Å². The SMILES string of the molecule is CC(C)(C)CC(=O)NCc1cc[nH]c1. The van der Waals surface area contributed by atoms with Crippen LogP contribution in [-0.4, -0.2) is 10.9 Å². The van der Waals surface area contributed by atoms with E-state index in [1.54, 1.807) is 0 Å². The van der Waals surface area contributed by atoms with Gasteiger partial charge in [0.2, 0.25) is 5.91 Å². The van der Waals surface area contributed by atoms with E-state index >= 15 is 0 Å². The first-order chi connectivity index (χ1) is 6.47. The molecule has 0 aliphatic heterocycles. The Kier molecular flexibility index (Phi) is 3.33. The fourth-order valence-corrected chi connectivity index (χ4v) is 1.21. The fourth-order valence-electron chi connectivity index (χ4n) is 1.21. The topological polar surface area (TPSA) is 44.9 Å². The van der Waals surface area contributed by atoms with Gasteiger partial charge < -0.3 is 10.3 Å². The minimum absolute atomic E-state index is 0.0578. The molecule has 0 bridgehead atoms. The number of amides is 1. The molecule has 2 N–H and O–H groups in total. The van der Waals surface area contributed by atoms with Crippen molar-refractivity contribution in [3.63, 3.8) is 0 Å². The second kappa shape index (κ2) is 4.31. The Labute approximate surface area is 84.9 Å². The molecule has 0 saturated heterocycles. The molecule has 1 aromatic rings. The third kappa shape index (κ3) is 4.12. The van der Waals surface area contributed by atoms with Crippen LogP contribution in [0.25, 0.3) is 0 Å². The number of hydrogen-bond acceptors (Lipinski definition) is 1. The van der Waals surface area contributed by atoms with Gasteiger partial charge in [0.05, 0.1) is 0 Å². The number of aromatic amines is 1. The van der Waals surface area contributed by atoms with Crippen molar-refractivity contribution >= 4 is 5.91 Å². The van der Waals surface area contributed by atoms with Crippen LogP contribution in [0.5, 0.6) is 0 Å². The average molecular weight is 194 g/mol. The highest BCUT2D eigenvalue weighted by Gasteiger charge is 2.15. The highest BCUT2D eigenvalue weighted by molar-refractivity contribution is 5.76. The molecule has 1 amide bonds. The lowest BCUT2D eigenvalue weighted by atomic mass is 9.92. The molecule has 14 heavy (non-hydrogen) atoms. The largest absolute Gasteiger partial charge is 0.367 e. The van der Waals surface area contributed by atoms with Crippen molar-refractivity contribution in [2.75, 3.05) is 0 Å². The van der Waals surface area contributed by atoms with E-state index in [0.717, 1.165) is 5.56 Å². The molecule has 0 unspecified atom stereocenters. The summed E-state index contributed by atoms with van der Waals surface area (Å²) in [4.78, 5) is 14.4. The van der Waals surface area contributed by atoms with Crippen molar-refractivity contribution in [3.05, 3.63) is 24.0 Å². The van der Waals surface area contributed by atoms with Gasteiger partial charge in [-0.1, -0.05) is 20.8 Å². The number of hydrogen-bond donors (Lipinski definition) is 2. The molecule has 0 aromatic carbocycles. The Morgan fingerprint density at radius 1 is 1.50 bits per heavy atom. The zero-order valence-corrected chi connectivity index (χ0v) is 9.05. The van der Waals surface area contributed by atoms with Crippen molar-refractivity contribution in [2.24, 2.45) is 5.41 Å². The monoisotopic (exact) mass is 194 g/mol. The van der Waals surface area contributed by atoms with Gasteiger partial charge in [0.1, 0.15) is 0 Å². The molecule has 78 valence electrons. The predicted molar refractivity (Wildman–Crippen MR) is 56.7 cm³/mol. The summed E-state index contributed by atoms with van der Waals surface area (Å²) in [6, 6.07) is 1.96. The van der Waals surface area contributed by atoms with Gasteiger partial charge in [-0.25, -0.2) is 0 Å². The van der Waals surface area contributed by atoms with E-state index in [2.05, 4.69) is 31.1 Å². The van der Waals surface area contributed by atoms with Crippen molar-refractivity contribution in [1.29, 1.82) is 0 Å². The zero-order valence-electron chi connectivity index (χ0n) is 9.05. The Balaban J connectivity index is 2.29. The molecule has 0 radical (unpaired) electrons. The predicted octanol–water partition coefficient (Wildman–Crippen LogP) is 2.07. The standard InChI is InChI=1S/C11H18N2O/c1-11(2,3)6-10(14)13-8-9-4-5-12-7-9/h4-5,7,12H,6,8H2,1-3H3,(H,13,14). The van der Waals surface area contributed by atoms with Gasteiger partial charge in [-0.2, -0.15) is 0 Å². The quantitative estimate of drug-likeness (QED) is 0.760. The van der Waals surface area contributed by atoms with Crippen molar-refractivity contribution in [2.45, 2.75) is 33.7 Å². The number of carbonyl (C=O) groups excluding carboxylic acids is 1. The van der Waals surface area contributed by atoms with Gasteiger partial charge >= 0.3 is 0 Å². The Morgan fingerprint density at radius 3 is 2.71 bits per heavy atom. The minimum Gasteiger partial charge on any atom is -0.367 e. The van der Waals surface area contributed by atoms with E-state index < -0.39 is 0 Å². The summed E-state index contributed by atoms with van der Waals surface area (Å²) in [5.74, 6) is 0.110. The Bertz CT molecular complexity index is 283. The lowest BCUT2D eigenvalue weighted by molar-refractivity contribution is -0.122. The van der Waals surface area contributed by atoms with E-state index in [1.807, 2.05) is 18.5 Å². The van der Waals surface area contributed by atoms with Gasteiger partial charge in [0.15, 0.2) is 0 Å². The van der Waals surface area contributed by atoms with Crippen LogP contribution in [0.4, 0.5) is 0 Å². The molecule has 1 heterocycles. The van der Waals surface area contributed by atoms with Gasteiger partial charge in [0, 0.05) is 25.4 Å². The molecule has 0 aliphatic rings. The van der Waals surface area contributed by atoms with Crippen LogP contribution >= 0.6 is 0 Å². The number of aromatic nitrogens is 1. The molecule has 0 fully saturated rings. The summed E-state index contributed by atoms with van der Waals surface area (Å²) in [5, 5.41) is 2.88. The Hall–Kier alpha value is -1.25. The van der Waals surface area contributed by atoms with Crippen LogP contribution in [0.15, 0.2) is 18.5 Å². The molecule has 0 spiro atoms. The maximum atomic E-state index is 11.4. The highest BCUT2D eigenvalue weighted by atomic mass is 16.1. The van der Waals surface area contributed by atoms with Crippen LogP contribution in [0, 0.1) is 5.41 Å². The average Bonchev–Trinajstić information content (AvgIpc) is 2.49. The lowest BCUT2D eigenvalue weighted by Gasteiger charge is -2.16. The molecule has 1 aromatic heterocycles. The number of rotatable bonds is 3. The number of carbonyl (C=O) groups is 1. The molecule has 0 atom stereocenters. The fraction of sp³-hybridized carbons (Fsp3) is 0.545. The van der Waals surface area contributed by atoms with Gasteiger partial charge in [0.25, 0.3) is 0 Å². The summed E-state index contributed by atoms with van der Waals surface area (Å²) >= 11 is 0. The molecule has 3 nitrogen and oxygen atoms in total. The van der Waals surface area contributed by atoms with E-state index in [1.165, 1.54) is 0 Å². The first-order valence-corrected chi connectivity index (χ1v) is 4.86. The third-order valence-corrected chi connectivity index (χ3v) is 1.84. The van der Waals surface area contributed by atoms with Gasteiger partial charge in [-0.15, -0.1) is 0 Å². The second-order valence-electron chi connectivity index (χ2n) is 4.73. The zero-order chi connectivity index (χ0) is 10.6. The second-order valence-corrected chi connectivity index (χ2v) is 4.73. The van der Waals surface area contributed by atoms with E-state index in [4.69, 9.17) is 0 Å². The summed E-state index contributed by atoms with van der Waals surface area (Å²) in [5.41, 5.74) is 1.16. The third-order valence-electron chi connectivity index (χ3n) is 1.84. The number of nitrogens with one attached hydrogen (secondary N) is 2. The van der Waals surface area contributed by atoms with Crippen LogP contribution in [-0.2, 0) is 11.3 Å². The molecular weight excluding hydrogens is 176 g/mol. The highest BCUT2D eigenvalue weighted by Crippen LogP contribution is 2.17. The maximum absolute atomic E-state index is 11.4. The van der Waals surface area contributed by atoms with E-state index in [9.17, 15) is 4.79 Å². The first kappa shape index (κ1) is 10.8. The van der Waals surface area contributed by atoms with Crippen molar-refractivity contribution in [1.82, 2.24) is 10.3 Å². The van der Waals surface area contributed by atoms with Crippen LogP contribution < -0.4 is 5.32 Å². The van der Waals surface area contributed by atoms with Crippen LogP contribution in [0.2, 0.25) is 0 Å². The smallest absolute Gasteiger partial charge is 0.220 e. The van der Waals surface area contributed by atoms with E-state index in [0.29, 0.717) is 13.0 Å². The Morgan fingerprint density at radius 2 is 2.21 bits per heavy atom. The van der Waals surface area contributed by atoms with E-state index in [-0.39, 0.29) is 11.3 Å². The summed E-state index contributed by atoms with van der Waals surface area (Å²) in [7, 11) is 0. The molecule has 1 rings (SSSR count). The first-order valence-electron chi connectivity index (χ1n) is 4.86. The summed E-state index contributed by atoms with van der Waals surface area (Å²) in [6.45, 7) is 6.78.